The van der Waals surface area contributed by atoms with Crippen molar-refractivity contribution in [3.05, 3.63) is 142 Å². The third-order valence-electron chi connectivity index (χ3n) is 7.09. The van der Waals surface area contributed by atoms with Gasteiger partial charge in [0.15, 0.2) is 11.4 Å². The van der Waals surface area contributed by atoms with E-state index >= 15 is 0 Å². The third kappa shape index (κ3) is 4.96. The van der Waals surface area contributed by atoms with E-state index in [1.807, 2.05) is 77.8 Å². The molecule has 4 aromatic rings. The van der Waals surface area contributed by atoms with Crippen LogP contribution in [0.25, 0.3) is 0 Å². The molecule has 0 aliphatic carbocycles. The normalized spacial score (nSPS) is 17.5. The minimum atomic E-state index is -0.473. The summed E-state index contributed by atoms with van der Waals surface area (Å²) in [6, 6.07) is 24.7. The summed E-state index contributed by atoms with van der Waals surface area (Å²) in [5.41, 5.74) is 2.30. The number of fused-ring (bicyclic) bond motifs is 5. The van der Waals surface area contributed by atoms with Crippen LogP contribution in [0.15, 0.2) is 108 Å². The average molecular weight is 538 g/mol. The van der Waals surface area contributed by atoms with Gasteiger partial charge in [0.2, 0.25) is 5.43 Å². The molecule has 2 aliphatic rings. The highest BCUT2D eigenvalue weighted by Gasteiger charge is 2.37. The van der Waals surface area contributed by atoms with Crippen molar-refractivity contribution in [2.75, 3.05) is 24.8 Å². The number of hydrogen-bond acceptors (Lipinski definition) is 5. The second-order valence-corrected chi connectivity index (χ2v) is 9.69. The van der Waals surface area contributed by atoms with Gasteiger partial charge >= 0.3 is 0 Å². The van der Waals surface area contributed by atoms with Crippen molar-refractivity contribution in [2.24, 2.45) is 0 Å². The smallest absolute Gasteiger partial charge is 0.277 e. The van der Waals surface area contributed by atoms with Crippen LogP contribution in [-0.4, -0.2) is 35.3 Å². The van der Waals surface area contributed by atoms with E-state index in [0.717, 1.165) is 16.7 Å². The van der Waals surface area contributed by atoms with Crippen molar-refractivity contribution in [3.63, 3.8) is 0 Å². The van der Waals surface area contributed by atoms with E-state index in [1.54, 1.807) is 21.8 Å². The summed E-state index contributed by atoms with van der Waals surface area (Å²) in [4.78, 5) is 28.8. The molecule has 3 heterocycles. The minimum absolute atomic E-state index is 0.00363. The van der Waals surface area contributed by atoms with Crippen LogP contribution in [0.5, 0.6) is 11.5 Å². The molecule has 8 heteroatoms. The molecule has 40 heavy (non-hydrogen) atoms. The van der Waals surface area contributed by atoms with Crippen LogP contribution < -0.4 is 19.9 Å². The van der Waals surface area contributed by atoms with E-state index in [2.05, 4.69) is 0 Å². The maximum atomic E-state index is 14.4. The van der Waals surface area contributed by atoms with Gasteiger partial charge in [-0.25, -0.2) is 4.39 Å². The summed E-state index contributed by atoms with van der Waals surface area (Å²) >= 11 is 0. The number of halogens is 1. The number of pyridine rings is 1. The van der Waals surface area contributed by atoms with Gasteiger partial charge in [0.05, 0.1) is 0 Å². The Kier molecular flexibility index (Phi) is 7.06. The number of nitrogens with zero attached hydrogens (tertiary/aromatic N) is 3. The molecule has 2 bridgehead atoms. The first kappa shape index (κ1) is 25.4. The van der Waals surface area contributed by atoms with E-state index < -0.39 is 11.9 Å². The maximum absolute atomic E-state index is 14.4. The molecule has 0 unspecified atom stereocenters. The second kappa shape index (κ2) is 11.1. The summed E-state index contributed by atoms with van der Waals surface area (Å²) in [5.74, 6) is -0.288. The van der Waals surface area contributed by atoms with Crippen LogP contribution in [-0.2, 0) is 6.61 Å². The Bertz CT molecular complexity index is 1600. The van der Waals surface area contributed by atoms with Crippen molar-refractivity contribution in [3.8, 4) is 11.5 Å². The minimum Gasteiger partial charge on any atom is -0.489 e. The predicted molar refractivity (Wildman–Crippen MR) is 150 cm³/mol. The molecule has 1 aromatic heterocycles. The molecular formula is C32H28FN3O4. The molecule has 0 fully saturated rings. The molecule has 0 saturated carbocycles. The first-order valence-corrected chi connectivity index (χ1v) is 13.2. The van der Waals surface area contributed by atoms with Crippen molar-refractivity contribution in [1.82, 2.24) is 9.58 Å². The number of carbonyl (C=O) groups is 1. The molecule has 202 valence electrons. The largest absolute Gasteiger partial charge is 0.489 e. The van der Waals surface area contributed by atoms with E-state index in [9.17, 15) is 14.0 Å². The van der Waals surface area contributed by atoms with Gasteiger partial charge < -0.3 is 14.4 Å². The first-order chi connectivity index (χ1) is 19.6. The van der Waals surface area contributed by atoms with Gasteiger partial charge in [0.1, 0.15) is 37.5 Å². The Morgan fingerprint density at radius 3 is 2.50 bits per heavy atom. The highest BCUT2D eigenvalue weighted by Crippen LogP contribution is 2.37. The number of rotatable bonds is 4. The lowest BCUT2D eigenvalue weighted by Crippen LogP contribution is -2.55. The molecule has 1 amide bonds. The van der Waals surface area contributed by atoms with Gasteiger partial charge in [0.25, 0.3) is 5.91 Å². The van der Waals surface area contributed by atoms with Crippen LogP contribution in [0.4, 0.5) is 4.39 Å². The van der Waals surface area contributed by atoms with E-state index in [1.165, 1.54) is 18.2 Å². The van der Waals surface area contributed by atoms with E-state index in [4.69, 9.17) is 9.47 Å². The molecular weight excluding hydrogens is 509 g/mol. The van der Waals surface area contributed by atoms with Crippen molar-refractivity contribution < 1.29 is 18.7 Å². The number of ether oxygens (including phenoxy) is 2. The molecule has 0 saturated heterocycles. The van der Waals surface area contributed by atoms with Gasteiger partial charge in [-0.3, -0.25) is 19.3 Å². The average Bonchev–Trinajstić information content (AvgIpc) is 2.97. The van der Waals surface area contributed by atoms with Crippen molar-refractivity contribution >= 4 is 5.91 Å². The topological polar surface area (TPSA) is 64.0 Å². The molecule has 7 nitrogen and oxygen atoms in total. The fourth-order valence-corrected chi connectivity index (χ4v) is 5.18. The Morgan fingerprint density at radius 2 is 1.70 bits per heavy atom. The molecule has 1 atom stereocenters. The lowest BCUT2D eigenvalue weighted by molar-refractivity contribution is 0.0679. The summed E-state index contributed by atoms with van der Waals surface area (Å²) in [7, 11) is 0. The molecule has 2 aliphatic heterocycles. The standard InChI is InChI=1S/C32H28FN3O4/c33-25-14-15-26-28(20-25)39-19-9-3-8-17-34-22-36(29(26)24-12-6-2-7-13-24)35-18-16-27(37)31(30(35)32(34)38)40-21-23-10-4-1-5-11-23/h1-7,9-16,18,20,29H,8,17,19,21-22H2/b9-3+/t29-/m0/s1. The second-order valence-electron chi connectivity index (χ2n) is 9.69. The van der Waals surface area contributed by atoms with E-state index in [0.29, 0.717) is 18.7 Å². The zero-order chi connectivity index (χ0) is 27.5. The number of hydrogen-bond donors (Lipinski definition) is 0. The summed E-state index contributed by atoms with van der Waals surface area (Å²) < 4.78 is 28.2. The highest BCUT2D eigenvalue weighted by atomic mass is 19.1. The Hall–Kier alpha value is -4.85. The molecule has 0 spiro atoms. The van der Waals surface area contributed by atoms with Gasteiger partial charge in [-0.1, -0.05) is 72.8 Å². The number of aromatic nitrogens is 1. The SMILES string of the molecule is O=C1c2c(OCc3ccccc3)c(=O)ccn2N2CN1CC/C=C/COc1cc(F)ccc1[C@@H]2c1ccccc1. The highest BCUT2D eigenvalue weighted by molar-refractivity contribution is 5.96. The van der Waals surface area contributed by atoms with E-state index in [-0.39, 0.29) is 42.7 Å². The summed E-state index contributed by atoms with van der Waals surface area (Å²) in [5, 5.41) is 1.99. The number of amides is 1. The van der Waals surface area contributed by atoms with Gasteiger partial charge in [0, 0.05) is 30.4 Å². The van der Waals surface area contributed by atoms with Crippen LogP contribution >= 0.6 is 0 Å². The lowest BCUT2D eigenvalue weighted by atomic mass is 9.96. The Labute approximate surface area is 231 Å². The quantitative estimate of drug-likeness (QED) is 0.341. The van der Waals surface area contributed by atoms with Crippen molar-refractivity contribution in [2.45, 2.75) is 19.1 Å². The van der Waals surface area contributed by atoms with Gasteiger partial charge in [-0.05, 0) is 29.7 Å². The van der Waals surface area contributed by atoms with Gasteiger partial charge in [-0.15, -0.1) is 0 Å². The summed E-state index contributed by atoms with van der Waals surface area (Å²) in [6.07, 6.45) is 6.00. The van der Waals surface area contributed by atoms with Crippen LogP contribution in [0.3, 0.4) is 0 Å². The first-order valence-electron chi connectivity index (χ1n) is 13.2. The van der Waals surface area contributed by atoms with Crippen LogP contribution in [0.1, 0.15) is 39.6 Å². The zero-order valence-corrected chi connectivity index (χ0v) is 21.8. The van der Waals surface area contributed by atoms with Gasteiger partial charge in [-0.2, -0.15) is 0 Å². The lowest BCUT2D eigenvalue weighted by Gasteiger charge is -2.44. The molecule has 3 aromatic carbocycles. The predicted octanol–water partition coefficient (Wildman–Crippen LogP) is 5.05. The molecule has 0 radical (unpaired) electrons. The Morgan fingerprint density at radius 1 is 0.925 bits per heavy atom. The summed E-state index contributed by atoms with van der Waals surface area (Å²) in [6.45, 7) is 1.08. The Balaban J connectivity index is 1.54. The van der Waals surface area contributed by atoms with Crippen molar-refractivity contribution in [1.29, 1.82) is 0 Å². The fraction of sp³-hybridized carbons (Fsp3) is 0.188. The maximum Gasteiger partial charge on any atom is 0.277 e. The monoisotopic (exact) mass is 537 g/mol. The molecule has 0 N–H and O–H groups in total. The number of benzene rings is 3. The third-order valence-corrected chi connectivity index (χ3v) is 7.09. The fourth-order valence-electron chi connectivity index (χ4n) is 5.18. The van der Waals surface area contributed by atoms with Crippen LogP contribution in [0.2, 0.25) is 0 Å². The zero-order valence-electron chi connectivity index (χ0n) is 21.8. The van der Waals surface area contributed by atoms with Crippen LogP contribution in [0, 0.1) is 5.82 Å². The molecule has 6 rings (SSSR count). The number of carbonyl (C=O) groups excluding carboxylic acids is 1.